The van der Waals surface area contributed by atoms with Crippen LogP contribution in [0.5, 0.6) is 0 Å². The number of hydrogen-bond donors (Lipinski definition) is 2. The maximum atomic E-state index is 12.0. The van der Waals surface area contributed by atoms with Crippen LogP contribution < -0.4 is 21.0 Å². The van der Waals surface area contributed by atoms with Crippen molar-refractivity contribution in [2.75, 3.05) is 30.0 Å². The topological polar surface area (TPSA) is 108 Å². The van der Waals surface area contributed by atoms with Crippen molar-refractivity contribution < 1.29 is 37.4 Å². The van der Waals surface area contributed by atoms with Crippen LogP contribution in [-0.4, -0.2) is 45.5 Å². The first-order valence-corrected chi connectivity index (χ1v) is 6.17. The Bertz CT molecular complexity index is 650. The predicted molar refractivity (Wildman–Crippen MR) is 77.4 cm³/mol. The average molecular weight is 407 g/mol. The second-order valence-corrected chi connectivity index (χ2v) is 4.54. The van der Waals surface area contributed by atoms with Gasteiger partial charge in [-0.2, -0.15) is 6.67 Å². The van der Waals surface area contributed by atoms with E-state index in [4.69, 9.17) is 15.0 Å². The van der Waals surface area contributed by atoms with Gasteiger partial charge in [0.2, 0.25) is 0 Å². The summed E-state index contributed by atoms with van der Waals surface area (Å²) in [6.45, 7) is 3.04. The Morgan fingerprint density at radius 1 is 1.18 bits per heavy atom. The molecule has 0 atom stereocenters. The molecular formula is C12H19AgN4O5. The molecule has 1 aromatic rings. The van der Waals surface area contributed by atoms with E-state index in [2.05, 4.69) is 0 Å². The molecule has 0 aromatic carbocycles. The van der Waals surface area contributed by atoms with Crippen molar-refractivity contribution in [2.45, 2.75) is 6.92 Å². The molecule has 0 spiro atoms. The minimum atomic E-state index is -0.833. The molecule has 1 aliphatic rings. The molecule has 0 bridgehead atoms. The summed E-state index contributed by atoms with van der Waals surface area (Å²) in [6, 6.07) is 0. The summed E-state index contributed by atoms with van der Waals surface area (Å²) in [5, 5.41) is 16.4. The molecule has 128 valence electrons. The summed E-state index contributed by atoms with van der Waals surface area (Å²) in [5.41, 5.74) is -0.289. The van der Waals surface area contributed by atoms with Crippen molar-refractivity contribution in [3.05, 3.63) is 27.5 Å². The Kier molecular flexibility index (Phi) is 7.60. The fourth-order valence-corrected chi connectivity index (χ4v) is 2.07. The third kappa shape index (κ3) is 4.01. The smallest absolute Gasteiger partial charge is 0.494 e. The maximum absolute atomic E-state index is 12.0. The van der Waals surface area contributed by atoms with Gasteiger partial charge in [0, 0.05) is 27.6 Å². The molecular weight excluding hydrogens is 388 g/mol. The molecule has 0 unspecified atom stereocenters. The summed E-state index contributed by atoms with van der Waals surface area (Å²) in [4.78, 5) is 36.2. The fraction of sp³-hybridized carbons (Fsp3) is 0.500. The monoisotopic (exact) mass is 406 g/mol. The molecule has 2 rings (SSSR count). The van der Waals surface area contributed by atoms with Crippen LogP contribution in [0.15, 0.2) is 9.59 Å². The summed E-state index contributed by atoms with van der Waals surface area (Å²) in [5.74, 6) is -0.286. The SMILES string of the molecule is CC(=O)O.CN1[CH-]N(CCO)c2c1n(C)c(=O)n(C)c2=O.[Ag+]. The number of β-amino-alcohol motifs (C(OH)–C–C–N with tert-alkyl or cyclic N) is 1. The number of hydrogen-bond acceptors (Lipinski definition) is 6. The van der Waals surface area contributed by atoms with Gasteiger partial charge in [0.05, 0.1) is 6.61 Å². The van der Waals surface area contributed by atoms with Crippen molar-refractivity contribution in [1.82, 2.24) is 9.13 Å². The van der Waals surface area contributed by atoms with Gasteiger partial charge < -0.3 is 20.0 Å². The number of carbonyl (C=O) groups is 1. The van der Waals surface area contributed by atoms with E-state index < -0.39 is 5.97 Å². The number of aliphatic hydroxyl groups is 1. The molecule has 1 aliphatic heterocycles. The first-order chi connectivity index (χ1) is 9.72. The average Bonchev–Trinajstić information content (AvgIpc) is 2.70. The summed E-state index contributed by atoms with van der Waals surface area (Å²) < 4.78 is 2.49. The molecule has 0 saturated carbocycles. The van der Waals surface area contributed by atoms with Crippen LogP contribution in [0.2, 0.25) is 0 Å². The van der Waals surface area contributed by atoms with E-state index in [1.807, 2.05) is 0 Å². The van der Waals surface area contributed by atoms with Crippen molar-refractivity contribution in [3.8, 4) is 0 Å². The van der Waals surface area contributed by atoms with Crippen molar-refractivity contribution >= 4 is 17.5 Å². The minimum Gasteiger partial charge on any atom is -0.494 e. The van der Waals surface area contributed by atoms with E-state index in [1.54, 1.807) is 30.6 Å². The van der Waals surface area contributed by atoms with E-state index in [1.165, 1.54) is 11.6 Å². The third-order valence-corrected chi connectivity index (χ3v) is 2.89. The molecule has 9 nitrogen and oxygen atoms in total. The summed E-state index contributed by atoms with van der Waals surface area (Å²) >= 11 is 0. The predicted octanol–water partition coefficient (Wildman–Crippen LogP) is -1.46. The standard InChI is InChI=1S/C10H15N4O3.C2H4O2.Ag/c1-11-6-14(4-5-15)7-8(11)12(2)10(17)13(3)9(7)16;1-2(3)4;/h6,15H,4-5H2,1-3H3;1H3,(H,3,4);/q-1;;+1. The number of fused-ring (bicyclic) bond motifs is 1. The molecule has 2 heterocycles. The molecule has 0 saturated heterocycles. The van der Waals surface area contributed by atoms with Gasteiger partial charge in [-0.3, -0.25) is 18.7 Å². The van der Waals surface area contributed by atoms with Gasteiger partial charge in [-0.25, -0.2) is 4.79 Å². The number of aromatic nitrogens is 2. The van der Waals surface area contributed by atoms with Crippen LogP contribution in [0.1, 0.15) is 6.92 Å². The van der Waals surface area contributed by atoms with Gasteiger partial charge in [-0.05, 0) is 7.05 Å². The molecule has 22 heavy (non-hydrogen) atoms. The van der Waals surface area contributed by atoms with Gasteiger partial charge >= 0.3 is 28.1 Å². The van der Waals surface area contributed by atoms with Crippen LogP contribution in [0.3, 0.4) is 0 Å². The number of carboxylic acid groups (broad SMARTS) is 1. The first kappa shape index (κ1) is 20.5. The Labute approximate surface area is 142 Å². The summed E-state index contributed by atoms with van der Waals surface area (Å²) in [6.07, 6.45) is 0. The number of aliphatic hydroxyl groups excluding tert-OH is 1. The van der Waals surface area contributed by atoms with Gasteiger partial charge in [0.15, 0.2) is 0 Å². The van der Waals surface area contributed by atoms with Crippen LogP contribution in [0.4, 0.5) is 11.5 Å². The second kappa shape index (κ2) is 8.18. The number of anilines is 2. The number of aliphatic carboxylic acids is 1. The zero-order chi connectivity index (χ0) is 16.3. The van der Waals surface area contributed by atoms with Crippen LogP contribution in [0, 0.1) is 6.67 Å². The van der Waals surface area contributed by atoms with Crippen molar-refractivity contribution in [3.63, 3.8) is 0 Å². The van der Waals surface area contributed by atoms with E-state index in [0.29, 0.717) is 18.1 Å². The van der Waals surface area contributed by atoms with E-state index in [9.17, 15) is 9.59 Å². The number of rotatable bonds is 2. The number of nitrogens with zero attached hydrogens (tertiary/aromatic N) is 4. The summed E-state index contributed by atoms with van der Waals surface area (Å²) in [7, 11) is 4.82. The molecule has 1 aromatic heterocycles. The second-order valence-electron chi connectivity index (χ2n) is 4.54. The Hall–Kier alpha value is -1.55. The zero-order valence-corrected chi connectivity index (χ0v) is 14.2. The van der Waals surface area contributed by atoms with Crippen molar-refractivity contribution in [2.24, 2.45) is 14.1 Å². The molecule has 10 heteroatoms. The maximum Gasteiger partial charge on any atom is 1.00 e. The molecule has 0 radical (unpaired) electrons. The quantitative estimate of drug-likeness (QED) is 0.456. The third-order valence-electron chi connectivity index (χ3n) is 2.89. The van der Waals surface area contributed by atoms with Gasteiger partial charge in [0.1, 0.15) is 11.5 Å². The van der Waals surface area contributed by atoms with Crippen molar-refractivity contribution in [1.29, 1.82) is 0 Å². The molecule has 0 aliphatic carbocycles. The Morgan fingerprint density at radius 2 is 1.68 bits per heavy atom. The van der Waals surface area contributed by atoms with Gasteiger partial charge in [0.25, 0.3) is 11.5 Å². The Balaban J connectivity index is 0.000000791. The van der Waals surface area contributed by atoms with Crippen LogP contribution in [0.25, 0.3) is 0 Å². The van der Waals surface area contributed by atoms with Gasteiger partial charge in [-0.15, -0.1) is 0 Å². The van der Waals surface area contributed by atoms with E-state index >= 15 is 0 Å². The Morgan fingerprint density at radius 3 is 2.14 bits per heavy atom. The number of carboxylic acids is 1. The fourth-order valence-electron chi connectivity index (χ4n) is 2.07. The van der Waals surface area contributed by atoms with Gasteiger partial charge in [-0.1, -0.05) is 0 Å². The minimum absolute atomic E-state index is 0. The molecule has 0 fully saturated rings. The molecule has 2 N–H and O–H groups in total. The van der Waals surface area contributed by atoms with E-state index in [0.717, 1.165) is 11.5 Å². The van der Waals surface area contributed by atoms with E-state index in [-0.39, 0.29) is 40.2 Å². The normalized spacial score (nSPS) is 12.2. The zero-order valence-electron chi connectivity index (χ0n) is 12.7. The van der Waals surface area contributed by atoms with Crippen LogP contribution >= 0.6 is 0 Å². The largest absolute Gasteiger partial charge is 1.00 e. The first-order valence-electron chi connectivity index (χ1n) is 6.17. The van der Waals surface area contributed by atoms with Crippen LogP contribution in [-0.2, 0) is 41.3 Å². The molecule has 0 amide bonds.